The molecule has 3 N–H and O–H groups in total. The summed E-state index contributed by atoms with van der Waals surface area (Å²) in [5.74, 6) is -0.498. The van der Waals surface area contributed by atoms with E-state index in [1.807, 2.05) is 13.8 Å². The van der Waals surface area contributed by atoms with Crippen LogP contribution in [0.1, 0.15) is 30.1 Å². The lowest BCUT2D eigenvalue weighted by molar-refractivity contribution is 0.0685. The number of hydrogen-bond acceptors (Lipinski definition) is 5. The summed E-state index contributed by atoms with van der Waals surface area (Å²) >= 11 is 0. The molecule has 1 atom stereocenters. The molecule has 0 spiro atoms. The summed E-state index contributed by atoms with van der Waals surface area (Å²) in [6.45, 7) is 4.62. The number of aliphatic hydroxyl groups is 1. The molecule has 0 saturated heterocycles. The first-order chi connectivity index (χ1) is 7.50. The fraction of sp³-hybridized carbons (Fsp3) is 0.600. The Balaban J connectivity index is 2.35. The average Bonchev–Trinajstić information content (AvgIpc) is 2.66. The first-order valence-electron chi connectivity index (χ1n) is 5.08. The minimum atomic E-state index is -1.11. The van der Waals surface area contributed by atoms with Gasteiger partial charge in [0.25, 0.3) is 0 Å². The lowest BCUT2D eigenvalue weighted by Crippen LogP contribution is -2.30. The van der Waals surface area contributed by atoms with Crippen molar-refractivity contribution in [2.75, 3.05) is 6.54 Å². The van der Waals surface area contributed by atoms with Gasteiger partial charge in [0, 0.05) is 12.6 Å². The van der Waals surface area contributed by atoms with E-state index in [-0.39, 0.29) is 11.6 Å². The molecule has 0 bridgehead atoms. The fourth-order valence-electron chi connectivity index (χ4n) is 1.08. The molecule has 1 aromatic heterocycles. The largest absolute Gasteiger partial charge is 0.476 e. The van der Waals surface area contributed by atoms with Crippen molar-refractivity contribution in [3.8, 4) is 0 Å². The number of hydrogen-bond donors (Lipinski definition) is 3. The van der Waals surface area contributed by atoms with Crippen molar-refractivity contribution >= 4 is 5.97 Å². The number of aromatic carboxylic acids is 1. The smallest absolute Gasteiger partial charge is 0.358 e. The normalized spacial score (nSPS) is 13.0. The zero-order chi connectivity index (χ0) is 12.1. The van der Waals surface area contributed by atoms with Crippen molar-refractivity contribution < 1.29 is 19.5 Å². The lowest BCUT2D eigenvalue weighted by atomic mass is 10.1. The van der Waals surface area contributed by atoms with E-state index in [4.69, 9.17) is 9.63 Å². The maximum atomic E-state index is 10.5. The Morgan fingerprint density at radius 2 is 2.31 bits per heavy atom. The van der Waals surface area contributed by atoms with Crippen LogP contribution in [-0.4, -0.2) is 34.0 Å². The number of nitrogens with one attached hydrogen (secondary N) is 1. The van der Waals surface area contributed by atoms with E-state index in [1.54, 1.807) is 0 Å². The highest BCUT2D eigenvalue weighted by Crippen LogP contribution is 2.04. The molecule has 0 fully saturated rings. The number of carbonyl (C=O) groups is 1. The molecule has 0 saturated carbocycles. The van der Waals surface area contributed by atoms with Gasteiger partial charge in [0.1, 0.15) is 0 Å². The van der Waals surface area contributed by atoms with E-state index >= 15 is 0 Å². The zero-order valence-corrected chi connectivity index (χ0v) is 9.30. The molecule has 6 nitrogen and oxygen atoms in total. The molecular weight excluding hydrogens is 212 g/mol. The van der Waals surface area contributed by atoms with Gasteiger partial charge in [-0.25, -0.2) is 4.79 Å². The summed E-state index contributed by atoms with van der Waals surface area (Å²) in [6.07, 6.45) is -0.429. The second-order valence-corrected chi connectivity index (χ2v) is 3.93. The van der Waals surface area contributed by atoms with Crippen LogP contribution in [0.25, 0.3) is 0 Å². The van der Waals surface area contributed by atoms with E-state index in [9.17, 15) is 9.90 Å². The van der Waals surface area contributed by atoms with Crippen molar-refractivity contribution in [2.45, 2.75) is 26.5 Å². The second kappa shape index (κ2) is 5.62. The summed E-state index contributed by atoms with van der Waals surface area (Å²) < 4.78 is 4.79. The molecule has 16 heavy (non-hydrogen) atoms. The number of carboxylic acid groups (broad SMARTS) is 1. The molecule has 0 aromatic carbocycles. The Labute approximate surface area is 93.3 Å². The van der Waals surface area contributed by atoms with Crippen LogP contribution in [0.5, 0.6) is 0 Å². The minimum Gasteiger partial charge on any atom is -0.476 e. The third-order valence-corrected chi connectivity index (χ3v) is 2.20. The molecule has 1 rings (SSSR count). The molecule has 0 aliphatic carbocycles. The first-order valence-corrected chi connectivity index (χ1v) is 5.08. The Kier molecular flexibility index (Phi) is 4.45. The van der Waals surface area contributed by atoms with Gasteiger partial charge in [-0.1, -0.05) is 19.0 Å². The third kappa shape index (κ3) is 3.63. The summed E-state index contributed by atoms with van der Waals surface area (Å²) in [4.78, 5) is 10.5. The fourth-order valence-corrected chi connectivity index (χ4v) is 1.08. The Morgan fingerprint density at radius 3 is 2.81 bits per heavy atom. The molecule has 1 heterocycles. The van der Waals surface area contributed by atoms with E-state index in [0.717, 1.165) is 0 Å². The molecule has 0 radical (unpaired) electrons. The van der Waals surface area contributed by atoms with Gasteiger partial charge in [-0.05, 0) is 5.92 Å². The van der Waals surface area contributed by atoms with Gasteiger partial charge in [0.05, 0.1) is 12.6 Å². The van der Waals surface area contributed by atoms with Gasteiger partial charge in [-0.15, -0.1) is 0 Å². The standard InChI is InChI=1S/C10H16N2O4/c1-6(2)9(13)5-11-4-7-3-8(10(14)15)12-16-7/h3,6,9,11,13H,4-5H2,1-2H3,(H,14,15). The van der Waals surface area contributed by atoms with Crippen molar-refractivity contribution in [3.63, 3.8) is 0 Å². The van der Waals surface area contributed by atoms with Gasteiger partial charge >= 0.3 is 5.97 Å². The van der Waals surface area contributed by atoms with Gasteiger partial charge in [-0.3, -0.25) is 0 Å². The number of rotatable bonds is 6. The maximum Gasteiger partial charge on any atom is 0.358 e. The monoisotopic (exact) mass is 228 g/mol. The van der Waals surface area contributed by atoms with Crippen LogP contribution in [-0.2, 0) is 6.54 Å². The molecule has 1 aromatic rings. The van der Waals surface area contributed by atoms with E-state index < -0.39 is 12.1 Å². The number of carboxylic acids is 1. The van der Waals surface area contributed by atoms with Crippen molar-refractivity contribution in [1.82, 2.24) is 10.5 Å². The van der Waals surface area contributed by atoms with Gasteiger partial charge in [0.2, 0.25) is 0 Å². The predicted molar refractivity (Wildman–Crippen MR) is 56.0 cm³/mol. The van der Waals surface area contributed by atoms with Crippen LogP contribution in [0, 0.1) is 5.92 Å². The van der Waals surface area contributed by atoms with Crippen LogP contribution in [0.4, 0.5) is 0 Å². The van der Waals surface area contributed by atoms with Crippen LogP contribution in [0.15, 0.2) is 10.6 Å². The van der Waals surface area contributed by atoms with Gasteiger partial charge in [0.15, 0.2) is 11.5 Å². The van der Waals surface area contributed by atoms with Crippen LogP contribution in [0.2, 0.25) is 0 Å². The molecule has 0 amide bonds. The SMILES string of the molecule is CC(C)C(O)CNCc1cc(C(=O)O)no1. The van der Waals surface area contributed by atoms with Crippen molar-refractivity contribution in [3.05, 3.63) is 17.5 Å². The third-order valence-electron chi connectivity index (χ3n) is 2.20. The molecule has 1 unspecified atom stereocenters. The first kappa shape index (κ1) is 12.7. The molecule has 0 aliphatic rings. The molecule has 90 valence electrons. The van der Waals surface area contributed by atoms with E-state index in [0.29, 0.717) is 18.8 Å². The second-order valence-electron chi connectivity index (χ2n) is 3.93. The number of aliphatic hydroxyl groups excluding tert-OH is 1. The Hall–Kier alpha value is -1.40. The van der Waals surface area contributed by atoms with E-state index in [2.05, 4.69) is 10.5 Å². The van der Waals surface area contributed by atoms with Crippen LogP contribution >= 0.6 is 0 Å². The Bertz CT molecular complexity index is 348. The average molecular weight is 228 g/mol. The van der Waals surface area contributed by atoms with Crippen molar-refractivity contribution in [2.24, 2.45) is 5.92 Å². The maximum absolute atomic E-state index is 10.5. The van der Waals surface area contributed by atoms with Crippen LogP contribution in [0.3, 0.4) is 0 Å². The van der Waals surface area contributed by atoms with Crippen molar-refractivity contribution in [1.29, 1.82) is 0 Å². The zero-order valence-electron chi connectivity index (χ0n) is 9.30. The molecule has 6 heteroatoms. The summed E-state index contributed by atoms with van der Waals surface area (Å²) in [5.41, 5.74) is -0.110. The molecular formula is C10H16N2O4. The van der Waals surface area contributed by atoms with E-state index in [1.165, 1.54) is 6.07 Å². The Morgan fingerprint density at radius 1 is 1.62 bits per heavy atom. The summed E-state index contributed by atoms with van der Waals surface area (Å²) in [5, 5.41) is 24.4. The highest BCUT2D eigenvalue weighted by Gasteiger charge is 2.12. The number of nitrogens with zero attached hydrogens (tertiary/aromatic N) is 1. The lowest BCUT2D eigenvalue weighted by Gasteiger charge is -2.14. The topological polar surface area (TPSA) is 95.6 Å². The summed E-state index contributed by atoms with van der Waals surface area (Å²) in [6, 6.07) is 1.36. The van der Waals surface area contributed by atoms with Gasteiger partial charge < -0.3 is 20.1 Å². The molecule has 0 aliphatic heterocycles. The highest BCUT2D eigenvalue weighted by molar-refractivity contribution is 5.85. The number of aromatic nitrogens is 1. The summed E-state index contributed by atoms with van der Waals surface area (Å²) in [7, 11) is 0. The predicted octanol–water partition coefficient (Wildman–Crippen LogP) is 0.479. The highest BCUT2D eigenvalue weighted by atomic mass is 16.5. The van der Waals surface area contributed by atoms with Gasteiger partial charge in [-0.2, -0.15) is 0 Å². The quantitative estimate of drug-likeness (QED) is 0.655. The van der Waals surface area contributed by atoms with Crippen LogP contribution < -0.4 is 5.32 Å². The minimum absolute atomic E-state index is 0.110.